The second kappa shape index (κ2) is 4.21. The zero-order valence-electron chi connectivity index (χ0n) is 11.6. The molecule has 3 heteroatoms. The van der Waals surface area contributed by atoms with E-state index in [-0.39, 0.29) is 17.4 Å². The number of amides is 1. The van der Waals surface area contributed by atoms with Crippen LogP contribution < -0.4 is 5.32 Å². The van der Waals surface area contributed by atoms with Crippen LogP contribution in [0.15, 0.2) is 0 Å². The van der Waals surface area contributed by atoms with Gasteiger partial charge < -0.3 is 10.4 Å². The molecule has 4 bridgehead atoms. The topological polar surface area (TPSA) is 49.3 Å². The molecule has 19 heavy (non-hydrogen) atoms. The molecule has 5 aliphatic carbocycles. The van der Waals surface area contributed by atoms with Gasteiger partial charge in [0.15, 0.2) is 0 Å². The molecule has 106 valence electrons. The molecule has 0 aromatic heterocycles. The fourth-order valence-corrected chi connectivity index (χ4v) is 5.42. The molecule has 2 N–H and O–H groups in total. The fraction of sp³-hybridized carbons (Fsp3) is 0.938. The van der Waals surface area contributed by atoms with Gasteiger partial charge in [-0.15, -0.1) is 0 Å². The Morgan fingerprint density at radius 3 is 2.11 bits per heavy atom. The molecule has 0 aliphatic heterocycles. The zero-order chi connectivity index (χ0) is 13.0. The van der Waals surface area contributed by atoms with E-state index in [9.17, 15) is 9.90 Å². The lowest BCUT2D eigenvalue weighted by Crippen LogP contribution is -2.54. The predicted molar refractivity (Wildman–Crippen MR) is 72.3 cm³/mol. The van der Waals surface area contributed by atoms with Crippen molar-refractivity contribution in [2.75, 3.05) is 6.54 Å². The molecule has 5 fully saturated rings. The third-order valence-electron chi connectivity index (χ3n) is 6.16. The zero-order valence-corrected chi connectivity index (χ0v) is 11.6. The van der Waals surface area contributed by atoms with E-state index in [4.69, 9.17) is 0 Å². The summed E-state index contributed by atoms with van der Waals surface area (Å²) in [5.74, 6) is 3.14. The molecule has 0 spiro atoms. The van der Waals surface area contributed by atoms with Gasteiger partial charge in [0.2, 0.25) is 5.91 Å². The maximum Gasteiger partial charge on any atom is 0.226 e. The van der Waals surface area contributed by atoms with E-state index in [0.717, 1.165) is 49.9 Å². The normalized spacial score (nSPS) is 45.2. The third-order valence-corrected chi connectivity index (χ3v) is 6.16. The monoisotopic (exact) mass is 263 g/mol. The Labute approximate surface area is 115 Å². The second-order valence-corrected chi connectivity index (χ2v) is 7.81. The summed E-state index contributed by atoms with van der Waals surface area (Å²) in [6.07, 6.45) is 9.42. The Morgan fingerprint density at radius 2 is 1.63 bits per heavy atom. The van der Waals surface area contributed by atoms with Crippen LogP contribution in [-0.2, 0) is 4.79 Å². The lowest BCUT2D eigenvalue weighted by atomic mass is 9.49. The number of carbonyl (C=O) groups excluding carboxylic acids is 1. The molecular weight excluding hydrogens is 238 g/mol. The minimum absolute atomic E-state index is 0.0575. The van der Waals surface area contributed by atoms with E-state index in [1.807, 2.05) is 0 Å². The molecule has 3 nitrogen and oxygen atoms in total. The van der Waals surface area contributed by atoms with E-state index in [0.29, 0.717) is 12.5 Å². The molecular formula is C16H25NO2. The SMILES string of the molecule is O=C(NCC(O)C1CC1)C12CC3CC(CC(C3)C1)C2. The average Bonchev–Trinajstić information content (AvgIpc) is 3.18. The highest BCUT2D eigenvalue weighted by Gasteiger charge is 2.54. The molecule has 5 aliphatic rings. The van der Waals surface area contributed by atoms with Gasteiger partial charge in [-0.2, -0.15) is 0 Å². The Morgan fingerprint density at radius 1 is 1.11 bits per heavy atom. The molecule has 0 heterocycles. The van der Waals surface area contributed by atoms with Crippen molar-refractivity contribution >= 4 is 5.91 Å². The number of hydrogen-bond acceptors (Lipinski definition) is 2. The standard InChI is InChI=1S/C16H25NO2/c18-14(13-1-2-13)9-17-15(19)16-6-10-3-11(7-16)5-12(4-10)8-16/h10-14,18H,1-9H2,(H,17,19). The largest absolute Gasteiger partial charge is 0.391 e. The van der Waals surface area contributed by atoms with E-state index >= 15 is 0 Å². The molecule has 5 rings (SSSR count). The summed E-state index contributed by atoms with van der Waals surface area (Å²) < 4.78 is 0. The van der Waals surface area contributed by atoms with Crippen LogP contribution in [0.2, 0.25) is 0 Å². The van der Waals surface area contributed by atoms with Crippen LogP contribution in [0.5, 0.6) is 0 Å². The van der Waals surface area contributed by atoms with E-state index in [1.54, 1.807) is 0 Å². The molecule has 0 saturated heterocycles. The number of carbonyl (C=O) groups is 1. The van der Waals surface area contributed by atoms with Crippen molar-refractivity contribution in [3.05, 3.63) is 0 Å². The molecule has 1 atom stereocenters. The number of nitrogens with one attached hydrogen (secondary N) is 1. The summed E-state index contributed by atoms with van der Waals surface area (Å²) >= 11 is 0. The first-order valence-corrected chi connectivity index (χ1v) is 8.11. The second-order valence-electron chi connectivity index (χ2n) is 7.81. The van der Waals surface area contributed by atoms with Gasteiger partial charge >= 0.3 is 0 Å². The van der Waals surface area contributed by atoms with Crippen LogP contribution in [0.25, 0.3) is 0 Å². The fourth-order valence-electron chi connectivity index (χ4n) is 5.42. The lowest BCUT2D eigenvalue weighted by Gasteiger charge is -2.55. The van der Waals surface area contributed by atoms with Crippen molar-refractivity contribution in [1.29, 1.82) is 0 Å². The molecule has 5 saturated carbocycles. The van der Waals surface area contributed by atoms with Gasteiger partial charge in [0.1, 0.15) is 0 Å². The first-order chi connectivity index (χ1) is 9.14. The summed E-state index contributed by atoms with van der Waals surface area (Å²) in [6.45, 7) is 0.477. The molecule has 1 unspecified atom stereocenters. The van der Waals surface area contributed by atoms with Crippen LogP contribution in [0.1, 0.15) is 51.4 Å². The van der Waals surface area contributed by atoms with Gasteiger partial charge in [-0.05, 0) is 75.0 Å². The summed E-state index contributed by atoms with van der Waals surface area (Å²) in [4.78, 5) is 12.6. The maximum atomic E-state index is 12.6. The molecule has 0 radical (unpaired) electrons. The predicted octanol–water partition coefficient (Wildman–Crippen LogP) is 2.09. The average molecular weight is 263 g/mol. The maximum absolute atomic E-state index is 12.6. The first kappa shape index (κ1) is 12.2. The van der Waals surface area contributed by atoms with Gasteiger partial charge in [-0.3, -0.25) is 4.79 Å². The minimum atomic E-state index is -0.308. The Hall–Kier alpha value is -0.570. The van der Waals surface area contributed by atoms with E-state index < -0.39 is 0 Å². The van der Waals surface area contributed by atoms with E-state index in [2.05, 4.69) is 5.32 Å². The van der Waals surface area contributed by atoms with Gasteiger partial charge in [0.25, 0.3) is 0 Å². The van der Waals surface area contributed by atoms with Crippen LogP contribution in [-0.4, -0.2) is 23.7 Å². The van der Waals surface area contributed by atoms with Crippen LogP contribution in [0.4, 0.5) is 0 Å². The highest BCUT2D eigenvalue weighted by atomic mass is 16.3. The van der Waals surface area contributed by atoms with Crippen molar-refractivity contribution in [3.63, 3.8) is 0 Å². The van der Waals surface area contributed by atoms with Gasteiger partial charge in [-0.1, -0.05) is 0 Å². The molecule has 1 amide bonds. The summed E-state index contributed by atoms with van der Waals surface area (Å²) in [6, 6.07) is 0. The number of aliphatic hydroxyl groups excluding tert-OH is 1. The first-order valence-electron chi connectivity index (χ1n) is 8.11. The Balaban J connectivity index is 1.41. The van der Waals surface area contributed by atoms with Gasteiger partial charge in [0, 0.05) is 12.0 Å². The molecule has 0 aromatic rings. The number of aliphatic hydroxyl groups is 1. The quantitative estimate of drug-likeness (QED) is 0.816. The highest BCUT2D eigenvalue weighted by molar-refractivity contribution is 5.83. The van der Waals surface area contributed by atoms with E-state index in [1.165, 1.54) is 19.3 Å². The van der Waals surface area contributed by atoms with Crippen LogP contribution in [0, 0.1) is 29.1 Å². The summed E-state index contributed by atoms with van der Waals surface area (Å²) in [5, 5.41) is 13.0. The minimum Gasteiger partial charge on any atom is -0.391 e. The number of hydrogen-bond donors (Lipinski definition) is 2. The number of rotatable bonds is 4. The van der Waals surface area contributed by atoms with Crippen molar-refractivity contribution < 1.29 is 9.90 Å². The summed E-state index contributed by atoms with van der Waals surface area (Å²) in [7, 11) is 0. The van der Waals surface area contributed by atoms with Crippen molar-refractivity contribution in [2.24, 2.45) is 29.1 Å². The smallest absolute Gasteiger partial charge is 0.226 e. The van der Waals surface area contributed by atoms with Crippen molar-refractivity contribution in [1.82, 2.24) is 5.32 Å². The summed E-state index contributed by atoms with van der Waals surface area (Å²) in [5.41, 5.74) is -0.0575. The van der Waals surface area contributed by atoms with Crippen LogP contribution >= 0.6 is 0 Å². The van der Waals surface area contributed by atoms with Gasteiger partial charge in [0.05, 0.1) is 6.10 Å². The van der Waals surface area contributed by atoms with Crippen molar-refractivity contribution in [3.8, 4) is 0 Å². The van der Waals surface area contributed by atoms with Crippen molar-refractivity contribution in [2.45, 2.75) is 57.5 Å². The lowest BCUT2D eigenvalue weighted by molar-refractivity contribution is -0.146. The Bertz CT molecular complexity index is 353. The van der Waals surface area contributed by atoms with Crippen LogP contribution in [0.3, 0.4) is 0 Å². The van der Waals surface area contributed by atoms with Gasteiger partial charge in [-0.25, -0.2) is 0 Å². The third kappa shape index (κ3) is 2.10. The highest BCUT2D eigenvalue weighted by Crippen LogP contribution is 2.60. The molecule has 0 aromatic carbocycles. The Kier molecular flexibility index (Phi) is 2.70.